The maximum atomic E-state index is 13.2. The summed E-state index contributed by atoms with van der Waals surface area (Å²) in [5, 5.41) is 0.721. The Bertz CT molecular complexity index is 310. The number of hydrogen-bond donors (Lipinski definition) is 0. The lowest BCUT2D eigenvalue weighted by Gasteiger charge is -2.01. The Labute approximate surface area is 85.3 Å². The summed E-state index contributed by atoms with van der Waals surface area (Å²) in [5.41, 5.74) is 0.570. The molecule has 0 saturated carbocycles. The van der Waals surface area contributed by atoms with Gasteiger partial charge in [0.2, 0.25) is 0 Å². The van der Waals surface area contributed by atoms with E-state index in [4.69, 9.17) is 4.74 Å². The maximum absolute atomic E-state index is 13.2. The molecule has 0 saturated heterocycles. The molecule has 0 heterocycles. The number of methoxy groups -OCH3 is 1. The molecule has 0 fully saturated rings. The molecule has 0 spiro atoms. The fraction of sp³-hybridized carbons (Fsp3) is 0.200. The predicted octanol–water partition coefficient (Wildman–Crippen LogP) is 3.24. The number of ether oxygens (including phenoxy) is 1. The molecule has 0 aliphatic heterocycles. The van der Waals surface area contributed by atoms with Crippen LogP contribution in [-0.2, 0) is 0 Å². The van der Waals surface area contributed by atoms with Gasteiger partial charge in [-0.15, -0.1) is 0 Å². The molecule has 3 heteroatoms. The van der Waals surface area contributed by atoms with Crippen molar-refractivity contribution in [3.63, 3.8) is 0 Å². The maximum Gasteiger partial charge on any atom is 0.134 e. The van der Waals surface area contributed by atoms with E-state index < -0.39 is 0 Å². The summed E-state index contributed by atoms with van der Waals surface area (Å²) in [6, 6.07) is 4.79. The molecule has 0 aromatic heterocycles. The van der Waals surface area contributed by atoms with Crippen LogP contribution in [0.1, 0.15) is 5.56 Å². The zero-order valence-electron chi connectivity index (χ0n) is 7.26. The van der Waals surface area contributed by atoms with Crippen LogP contribution in [0.2, 0.25) is 0 Å². The van der Waals surface area contributed by atoms with E-state index in [1.54, 1.807) is 18.2 Å². The minimum Gasteiger partial charge on any atom is -0.497 e. The van der Waals surface area contributed by atoms with E-state index in [2.05, 4.69) is 15.9 Å². The summed E-state index contributed by atoms with van der Waals surface area (Å²) in [6.45, 7) is 0. The second-order valence-corrected chi connectivity index (χ2v) is 3.09. The molecular formula is C10H10BrFO. The Morgan fingerprint density at radius 2 is 2.31 bits per heavy atom. The van der Waals surface area contributed by atoms with Gasteiger partial charge in [-0.1, -0.05) is 28.1 Å². The number of alkyl halides is 1. The molecule has 1 rings (SSSR count). The van der Waals surface area contributed by atoms with Crippen molar-refractivity contribution in [1.29, 1.82) is 0 Å². The monoisotopic (exact) mass is 244 g/mol. The van der Waals surface area contributed by atoms with Crippen LogP contribution in [0.5, 0.6) is 5.75 Å². The Morgan fingerprint density at radius 1 is 1.54 bits per heavy atom. The summed E-state index contributed by atoms with van der Waals surface area (Å²) in [4.78, 5) is 0. The van der Waals surface area contributed by atoms with Gasteiger partial charge < -0.3 is 4.74 Å². The van der Waals surface area contributed by atoms with E-state index in [1.165, 1.54) is 13.2 Å². The highest BCUT2D eigenvalue weighted by Gasteiger charge is 1.99. The average Bonchev–Trinajstić information content (AvgIpc) is 2.16. The number of benzene rings is 1. The fourth-order valence-corrected chi connectivity index (χ4v) is 1.13. The van der Waals surface area contributed by atoms with Gasteiger partial charge in [-0.2, -0.15) is 0 Å². The van der Waals surface area contributed by atoms with E-state index in [9.17, 15) is 4.39 Å². The first-order valence-corrected chi connectivity index (χ1v) is 4.96. The van der Waals surface area contributed by atoms with Gasteiger partial charge in [0.25, 0.3) is 0 Å². The van der Waals surface area contributed by atoms with Crippen molar-refractivity contribution in [2.45, 2.75) is 0 Å². The van der Waals surface area contributed by atoms with Gasteiger partial charge in [0.05, 0.1) is 7.11 Å². The van der Waals surface area contributed by atoms with Crippen molar-refractivity contribution < 1.29 is 9.13 Å². The molecule has 13 heavy (non-hydrogen) atoms. The molecule has 0 bridgehead atoms. The molecule has 0 N–H and O–H groups in total. The second kappa shape index (κ2) is 5.02. The van der Waals surface area contributed by atoms with Crippen LogP contribution in [0.25, 0.3) is 6.08 Å². The zero-order chi connectivity index (χ0) is 9.68. The van der Waals surface area contributed by atoms with Crippen molar-refractivity contribution in [3.05, 3.63) is 35.7 Å². The molecule has 0 amide bonds. The molecule has 1 nitrogen and oxygen atoms in total. The standard InChI is InChI=1S/C10H10BrFO/c1-13-9-5-4-8(3-2-6-11)10(12)7-9/h2-5,7H,6H2,1H3/b3-2+. The Kier molecular flexibility index (Phi) is 3.96. The molecule has 0 radical (unpaired) electrons. The smallest absolute Gasteiger partial charge is 0.134 e. The lowest BCUT2D eigenvalue weighted by atomic mass is 10.2. The summed E-state index contributed by atoms with van der Waals surface area (Å²) in [7, 11) is 1.52. The lowest BCUT2D eigenvalue weighted by Crippen LogP contribution is -1.86. The van der Waals surface area contributed by atoms with E-state index in [1.807, 2.05) is 6.08 Å². The van der Waals surface area contributed by atoms with Crippen LogP contribution in [-0.4, -0.2) is 12.4 Å². The molecule has 0 aliphatic carbocycles. The summed E-state index contributed by atoms with van der Waals surface area (Å²) < 4.78 is 18.1. The largest absolute Gasteiger partial charge is 0.497 e. The number of rotatable bonds is 3. The molecule has 70 valence electrons. The predicted molar refractivity (Wildman–Crippen MR) is 55.8 cm³/mol. The Balaban J connectivity index is 2.91. The normalized spacial score (nSPS) is 10.7. The van der Waals surface area contributed by atoms with Crippen LogP contribution >= 0.6 is 15.9 Å². The molecule has 0 atom stereocenters. The third-order valence-corrected chi connectivity index (χ3v) is 1.97. The van der Waals surface area contributed by atoms with Crippen molar-refractivity contribution in [1.82, 2.24) is 0 Å². The van der Waals surface area contributed by atoms with Crippen molar-refractivity contribution in [3.8, 4) is 5.75 Å². The van der Waals surface area contributed by atoms with Gasteiger partial charge in [-0.25, -0.2) is 4.39 Å². The lowest BCUT2D eigenvalue weighted by molar-refractivity contribution is 0.411. The van der Waals surface area contributed by atoms with Crippen molar-refractivity contribution in [2.75, 3.05) is 12.4 Å². The van der Waals surface area contributed by atoms with Gasteiger partial charge in [0, 0.05) is 17.0 Å². The summed E-state index contributed by atoms with van der Waals surface area (Å²) in [5.74, 6) is 0.269. The average molecular weight is 245 g/mol. The van der Waals surface area contributed by atoms with Gasteiger partial charge >= 0.3 is 0 Å². The van der Waals surface area contributed by atoms with E-state index in [-0.39, 0.29) is 5.82 Å². The van der Waals surface area contributed by atoms with Crippen LogP contribution in [0, 0.1) is 5.82 Å². The summed E-state index contributed by atoms with van der Waals surface area (Å²) >= 11 is 3.23. The third-order valence-electron chi connectivity index (χ3n) is 1.59. The van der Waals surface area contributed by atoms with E-state index >= 15 is 0 Å². The molecule has 0 aliphatic rings. The van der Waals surface area contributed by atoms with Gasteiger partial charge in [-0.05, 0) is 12.1 Å². The van der Waals surface area contributed by atoms with Crippen LogP contribution in [0.3, 0.4) is 0 Å². The van der Waals surface area contributed by atoms with Crippen LogP contribution in [0.4, 0.5) is 4.39 Å². The number of allylic oxidation sites excluding steroid dienone is 1. The topological polar surface area (TPSA) is 9.23 Å². The van der Waals surface area contributed by atoms with Gasteiger partial charge in [0.15, 0.2) is 0 Å². The van der Waals surface area contributed by atoms with E-state index in [0.717, 1.165) is 5.33 Å². The van der Waals surface area contributed by atoms with E-state index in [0.29, 0.717) is 11.3 Å². The van der Waals surface area contributed by atoms with Gasteiger partial charge in [-0.3, -0.25) is 0 Å². The SMILES string of the molecule is COc1ccc(/C=C/CBr)c(F)c1. The number of hydrogen-bond acceptors (Lipinski definition) is 1. The van der Waals surface area contributed by atoms with Crippen molar-refractivity contribution >= 4 is 22.0 Å². The quantitative estimate of drug-likeness (QED) is 0.743. The molecule has 0 unspecified atom stereocenters. The Morgan fingerprint density at radius 3 is 2.85 bits per heavy atom. The van der Waals surface area contributed by atoms with Gasteiger partial charge in [0.1, 0.15) is 11.6 Å². The summed E-state index contributed by atoms with van der Waals surface area (Å²) in [6.07, 6.45) is 3.56. The first-order chi connectivity index (χ1) is 6.27. The fourth-order valence-electron chi connectivity index (χ4n) is 0.942. The first kappa shape index (κ1) is 10.3. The highest BCUT2D eigenvalue weighted by atomic mass is 79.9. The second-order valence-electron chi connectivity index (χ2n) is 2.44. The highest BCUT2D eigenvalue weighted by Crippen LogP contribution is 2.17. The third kappa shape index (κ3) is 2.84. The Hall–Kier alpha value is -0.830. The van der Waals surface area contributed by atoms with Crippen molar-refractivity contribution in [2.24, 2.45) is 0 Å². The minimum atomic E-state index is -0.267. The minimum absolute atomic E-state index is 0.267. The molecule has 1 aromatic carbocycles. The molecular weight excluding hydrogens is 235 g/mol. The van der Waals surface area contributed by atoms with Crippen LogP contribution < -0.4 is 4.74 Å². The van der Waals surface area contributed by atoms with Crippen LogP contribution in [0.15, 0.2) is 24.3 Å². The first-order valence-electron chi connectivity index (χ1n) is 3.84. The molecule has 1 aromatic rings. The number of halogens is 2. The highest BCUT2D eigenvalue weighted by molar-refractivity contribution is 9.09. The zero-order valence-corrected chi connectivity index (χ0v) is 8.84.